The van der Waals surface area contributed by atoms with E-state index in [0.29, 0.717) is 11.3 Å². The van der Waals surface area contributed by atoms with Crippen LogP contribution in [0.25, 0.3) is 0 Å². The van der Waals surface area contributed by atoms with Crippen molar-refractivity contribution in [2.45, 2.75) is 17.4 Å². The van der Waals surface area contributed by atoms with Gasteiger partial charge in [-0.3, -0.25) is 15.6 Å². The summed E-state index contributed by atoms with van der Waals surface area (Å²) in [6, 6.07) is 24.4. The second-order valence-electron chi connectivity index (χ2n) is 6.93. The van der Waals surface area contributed by atoms with E-state index < -0.39 is 22.0 Å². The van der Waals surface area contributed by atoms with Crippen LogP contribution < -0.4 is 20.9 Å². The van der Waals surface area contributed by atoms with Gasteiger partial charge in [0.2, 0.25) is 10.0 Å². The van der Waals surface area contributed by atoms with Crippen molar-refractivity contribution in [3.63, 3.8) is 0 Å². The normalized spacial score (nSPS) is 11.6. The Morgan fingerprint density at radius 2 is 1.52 bits per heavy atom. The molecule has 0 aliphatic carbocycles. The molecule has 4 N–H and O–H groups in total. The van der Waals surface area contributed by atoms with Gasteiger partial charge in [-0.2, -0.15) is 9.98 Å². The maximum atomic E-state index is 12.9. The molecule has 0 saturated heterocycles. The van der Waals surface area contributed by atoms with Crippen LogP contribution in [0.2, 0.25) is 0 Å². The zero-order valence-corrected chi connectivity index (χ0v) is 19.0. The van der Waals surface area contributed by atoms with Gasteiger partial charge in [0.15, 0.2) is 5.11 Å². The molecule has 1 amide bonds. The Hall–Kier alpha value is -3.78. The monoisotopic (exact) mass is 479 g/mol. The van der Waals surface area contributed by atoms with Gasteiger partial charge in [-0.05, 0) is 60.6 Å². The number of nitrogens with zero attached hydrogens (tertiary/aromatic N) is 1. The van der Waals surface area contributed by atoms with Crippen molar-refractivity contribution in [1.82, 2.24) is 15.6 Å². The fourth-order valence-electron chi connectivity index (χ4n) is 2.89. The van der Waals surface area contributed by atoms with Crippen LogP contribution >= 0.6 is 12.2 Å². The largest absolute Gasteiger partial charge is 0.331 e. The first-order chi connectivity index (χ1) is 15.9. The highest BCUT2D eigenvalue weighted by Gasteiger charge is 2.26. The van der Waals surface area contributed by atoms with Crippen LogP contribution in [0.15, 0.2) is 89.8 Å². The maximum absolute atomic E-state index is 12.9. The van der Waals surface area contributed by atoms with Gasteiger partial charge in [0, 0.05) is 5.69 Å². The van der Waals surface area contributed by atoms with Gasteiger partial charge in [0.25, 0.3) is 5.91 Å². The molecule has 0 saturated carbocycles. The second-order valence-corrected chi connectivity index (χ2v) is 9.06. The van der Waals surface area contributed by atoms with E-state index in [4.69, 9.17) is 17.5 Å². The lowest BCUT2D eigenvalue weighted by atomic mass is 10.1. The molecule has 0 spiro atoms. The summed E-state index contributed by atoms with van der Waals surface area (Å²) in [5, 5.41) is 11.8. The Morgan fingerprint density at radius 3 is 2.12 bits per heavy atom. The standard InChI is InChI=1S/C23H21N5O3S2/c24-16-18-11-13-19(14-12-18)25-23(32)27-26-22(29)21(15-17-7-3-1-4-8-17)28-33(30,31)20-9-5-2-6-10-20/h1-14,21,28H,15H2,(H,26,29)(H2,25,27,32)/t21-/m1/s1. The van der Waals surface area contributed by atoms with E-state index in [-0.39, 0.29) is 16.4 Å². The third-order valence-electron chi connectivity index (χ3n) is 4.52. The van der Waals surface area contributed by atoms with Gasteiger partial charge in [-0.1, -0.05) is 48.5 Å². The summed E-state index contributed by atoms with van der Waals surface area (Å²) in [5.41, 5.74) is 6.92. The van der Waals surface area contributed by atoms with Gasteiger partial charge in [-0.25, -0.2) is 8.42 Å². The van der Waals surface area contributed by atoms with E-state index in [0.717, 1.165) is 5.56 Å². The summed E-state index contributed by atoms with van der Waals surface area (Å²) in [6.45, 7) is 0. The van der Waals surface area contributed by atoms with Crippen LogP contribution in [0, 0.1) is 11.3 Å². The number of amides is 1. The van der Waals surface area contributed by atoms with E-state index in [1.807, 2.05) is 36.4 Å². The molecule has 0 aromatic heterocycles. The van der Waals surface area contributed by atoms with Crippen LogP contribution in [0.5, 0.6) is 0 Å². The molecule has 0 fully saturated rings. The highest BCUT2D eigenvalue weighted by atomic mass is 32.2. The summed E-state index contributed by atoms with van der Waals surface area (Å²) in [6.07, 6.45) is 0.135. The summed E-state index contributed by atoms with van der Waals surface area (Å²) >= 11 is 5.18. The lowest BCUT2D eigenvalue weighted by Gasteiger charge is -2.20. The highest BCUT2D eigenvalue weighted by molar-refractivity contribution is 7.89. The number of sulfonamides is 1. The first kappa shape index (κ1) is 23.9. The predicted molar refractivity (Wildman–Crippen MR) is 129 cm³/mol. The number of carbonyl (C=O) groups is 1. The van der Waals surface area contributed by atoms with Crippen molar-refractivity contribution in [3.8, 4) is 6.07 Å². The lowest BCUT2D eigenvalue weighted by molar-refractivity contribution is -0.123. The van der Waals surface area contributed by atoms with E-state index >= 15 is 0 Å². The highest BCUT2D eigenvalue weighted by Crippen LogP contribution is 2.11. The zero-order valence-electron chi connectivity index (χ0n) is 17.4. The van der Waals surface area contributed by atoms with Gasteiger partial charge >= 0.3 is 0 Å². The van der Waals surface area contributed by atoms with Crippen molar-refractivity contribution in [3.05, 3.63) is 96.1 Å². The van der Waals surface area contributed by atoms with Crippen LogP contribution in [-0.2, 0) is 21.2 Å². The minimum atomic E-state index is -3.93. The quantitative estimate of drug-likeness (QED) is 0.303. The van der Waals surface area contributed by atoms with Crippen LogP contribution in [-0.4, -0.2) is 25.5 Å². The molecule has 0 radical (unpaired) electrons. The Bertz CT molecular complexity index is 1240. The summed E-state index contributed by atoms with van der Waals surface area (Å²) < 4.78 is 28.1. The maximum Gasteiger partial charge on any atom is 0.256 e. The zero-order chi connectivity index (χ0) is 23.7. The van der Waals surface area contributed by atoms with Crippen molar-refractivity contribution < 1.29 is 13.2 Å². The fraction of sp³-hybridized carbons (Fsp3) is 0.0870. The Morgan fingerprint density at radius 1 is 0.909 bits per heavy atom. The van der Waals surface area contributed by atoms with Gasteiger partial charge in [0.05, 0.1) is 16.5 Å². The smallest absolute Gasteiger partial charge is 0.256 e. The van der Waals surface area contributed by atoms with Crippen molar-refractivity contribution in [2.24, 2.45) is 0 Å². The van der Waals surface area contributed by atoms with Crippen LogP contribution in [0.1, 0.15) is 11.1 Å². The molecular formula is C23H21N5O3S2. The number of thiocarbonyl (C=S) groups is 1. The Balaban J connectivity index is 1.67. The average Bonchev–Trinajstić information content (AvgIpc) is 2.83. The number of nitrogens with one attached hydrogen (secondary N) is 4. The summed E-state index contributed by atoms with van der Waals surface area (Å²) in [5.74, 6) is -0.609. The minimum Gasteiger partial charge on any atom is -0.331 e. The third-order valence-corrected chi connectivity index (χ3v) is 6.21. The molecule has 3 aromatic carbocycles. The number of hydrazine groups is 1. The first-order valence-electron chi connectivity index (χ1n) is 9.86. The predicted octanol–water partition coefficient (Wildman–Crippen LogP) is 2.47. The average molecular weight is 480 g/mol. The second kappa shape index (κ2) is 11.2. The third kappa shape index (κ3) is 7.11. The molecule has 33 heavy (non-hydrogen) atoms. The van der Waals surface area contributed by atoms with Gasteiger partial charge < -0.3 is 5.32 Å². The molecular weight excluding hydrogens is 458 g/mol. The van der Waals surface area contributed by atoms with Crippen molar-refractivity contribution >= 4 is 38.9 Å². The van der Waals surface area contributed by atoms with Gasteiger partial charge in [-0.15, -0.1) is 0 Å². The SMILES string of the molecule is N#Cc1ccc(NC(=S)NNC(=O)[C@@H](Cc2ccccc2)NS(=O)(=O)c2ccccc2)cc1. The number of hydrogen-bond acceptors (Lipinski definition) is 5. The lowest BCUT2D eigenvalue weighted by Crippen LogP contribution is -2.53. The Labute approximate surface area is 197 Å². The molecule has 0 aliphatic heterocycles. The fourth-order valence-corrected chi connectivity index (χ4v) is 4.27. The van der Waals surface area contributed by atoms with Gasteiger partial charge in [0.1, 0.15) is 6.04 Å². The molecule has 3 aromatic rings. The molecule has 0 bridgehead atoms. The summed E-state index contributed by atoms with van der Waals surface area (Å²) in [4.78, 5) is 12.9. The summed E-state index contributed by atoms with van der Waals surface area (Å²) in [7, 11) is -3.93. The van der Waals surface area contributed by atoms with Crippen molar-refractivity contribution in [2.75, 3.05) is 5.32 Å². The number of hydrogen-bond donors (Lipinski definition) is 4. The molecule has 0 unspecified atom stereocenters. The van der Waals surface area contributed by atoms with E-state index in [2.05, 4.69) is 20.9 Å². The van der Waals surface area contributed by atoms with E-state index in [1.54, 1.807) is 42.5 Å². The Kier molecular flexibility index (Phi) is 8.10. The molecule has 10 heteroatoms. The number of carbonyl (C=O) groups excluding carboxylic acids is 1. The molecule has 168 valence electrons. The van der Waals surface area contributed by atoms with Crippen molar-refractivity contribution in [1.29, 1.82) is 5.26 Å². The van der Waals surface area contributed by atoms with E-state index in [9.17, 15) is 13.2 Å². The van der Waals surface area contributed by atoms with E-state index in [1.165, 1.54) is 12.1 Å². The number of nitriles is 1. The number of anilines is 1. The number of rotatable bonds is 7. The molecule has 1 atom stereocenters. The minimum absolute atomic E-state index is 0.0572. The first-order valence-corrected chi connectivity index (χ1v) is 11.7. The molecule has 8 nitrogen and oxygen atoms in total. The molecule has 0 heterocycles. The number of benzene rings is 3. The molecule has 3 rings (SSSR count). The topological polar surface area (TPSA) is 123 Å². The van der Waals surface area contributed by atoms with Crippen LogP contribution in [0.3, 0.4) is 0 Å². The molecule has 0 aliphatic rings. The van der Waals surface area contributed by atoms with Crippen LogP contribution in [0.4, 0.5) is 5.69 Å².